The molecule has 0 saturated carbocycles. The van der Waals surface area contributed by atoms with Crippen molar-refractivity contribution in [3.63, 3.8) is 0 Å². The lowest BCUT2D eigenvalue weighted by Crippen LogP contribution is -2.47. The third-order valence-corrected chi connectivity index (χ3v) is 5.26. The fourth-order valence-corrected chi connectivity index (χ4v) is 3.65. The SMILES string of the molecule is COc1cc(C2NC(=O)NC(C(C)C)=C2C(=O)OC(C)C)ccc1OC(=O)c1cccc([N+](=O)[O-])c1. The van der Waals surface area contributed by atoms with E-state index in [9.17, 15) is 24.5 Å². The largest absolute Gasteiger partial charge is 0.493 e. The van der Waals surface area contributed by atoms with Gasteiger partial charge in [-0.05, 0) is 43.5 Å². The van der Waals surface area contributed by atoms with Gasteiger partial charge in [-0.2, -0.15) is 0 Å². The third-order valence-electron chi connectivity index (χ3n) is 5.26. The predicted molar refractivity (Wildman–Crippen MR) is 129 cm³/mol. The number of nitro benzene ring substituents is 1. The van der Waals surface area contributed by atoms with E-state index in [1.165, 1.54) is 37.4 Å². The van der Waals surface area contributed by atoms with Crippen LogP contribution in [0.4, 0.5) is 10.5 Å². The highest BCUT2D eigenvalue weighted by Gasteiger charge is 2.35. The van der Waals surface area contributed by atoms with E-state index in [2.05, 4.69) is 10.6 Å². The maximum atomic E-state index is 13.0. The number of nitro groups is 1. The summed E-state index contributed by atoms with van der Waals surface area (Å²) in [6.45, 7) is 7.14. The minimum Gasteiger partial charge on any atom is -0.493 e. The Morgan fingerprint density at radius 3 is 2.36 bits per heavy atom. The standard InChI is InChI=1S/C25H27N3O8/c1-13(2)21-20(24(30)35-14(3)4)22(27-25(31)26-21)15-9-10-18(19(12-15)34-5)36-23(29)16-7-6-8-17(11-16)28(32)33/h6-14,22H,1-5H3,(H2,26,27,31). The van der Waals surface area contributed by atoms with Crippen molar-refractivity contribution in [1.29, 1.82) is 0 Å². The summed E-state index contributed by atoms with van der Waals surface area (Å²) < 4.78 is 16.2. The Balaban J connectivity index is 1.97. The molecule has 36 heavy (non-hydrogen) atoms. The van der Waals surface area contributed by atoms with Crippen molar-refractivity contribution in [2.24, 2.45) is 5.92 Å². The molecule has 0 fully saturated rings. The zero-order valence-electron chi connectivity index (χ0n) is 20.5. The number of hydrogen-bond acceptors (Lipinski definition) is 8. The number of ether oxygens (including phenoxy) is 3. The maximum Gasteiger partial charge on any atom is 0.343 e. The fraction of sp³-hybridized carbons (Fsp3) is 0.320. The van der Waals surface area contributed by atoms with Crippen molar-refractivity contribution in [2.45, 2.75) is 39.8 Å². The van der Waals surface area contributed by atoms with Gasteiger partial charge >= 0.3 is 18.0 Å². The highest BCUT2D eigenvalue weighted by atomic mass is 16.6. The van der Waals surface area contributed by atoms with E-state index >= 15 is 0 Å². The van der Waals surface area contributed by atoms with Crippen molar-refractivity contribution in [1.82, 2.24) is 10.6 Å². The van der Waals surface area contributed by atoms with Crippen LogP contribution < -0.4 is 20.1 Å². The summed E-state index contributed by atoms with van der Waals surface area (Å²) in [6.07, 6.45) is -0.373. The number of nitrogens with one attached hydrogen (secondary N) is 2. The number of esters is 2. The van der Waals surface area contributed by atoms with Gasteiger partial charge in [0.1, 0.15) is 0 Å². The molecule has 2 amide bonds. The number of benzene rings is 2. The number of methoxy groups -OCH3 is 1. The average Bonchev–Trinajstić information content (AvgIpc) is 2.83. The van der Waals surface area contributed by atoms with Crippen LogP contribution in [-0.4, -0.2) is 36.1 Å². The summed E-state index contributed by atoms with van der Waals surface area (Å²) in [5.74, 6) is -1.36. The Bertz CT molecular complexity index is 1240. The minimum absolute atomic E-state index is 0.0100. The van der Waals surface area contributed by atoms with Crippen LogP contribution in [0.5, 0.6) is 11.5 Å². The second kappa shape index (κ2) is 10.9. The highest BCUT2D eigenvalue weighted by Crippen LogP contribution is 2.36. The van der Waals surface area contributed by atoms with E-state index in [4.69, 9.17) is 14.2 Å². The molecule has 0 bridgehead atoms. The summed E-state index contributed by atoms with van der Waals surface area (Å²) in [4.78, 5) is 48.4. The first-order valence-electron chi connectivity index (χ1n) is 11.2. The number of allylic oxidation sites excluding steroid dienone is 1. The first-order chi connectivity index (χ1) is 17.0. The van der Waals surface area contributed by atoms with E-state index in [1.807, 2.05) is 13.8 Å². The predicted octanol–water partition coefficient (Wildman–Crippen LogP) is 4.04. The van der Waals surface area contributed by atoms with E-state index < -0.39 is 28.9 Å². The summed E-state index contributed by atoms with van der Waals surface area (Å²) in [6, 6.07) is 8.39. The van der Waals surface area contributed by atoms with Gasteiger partial charge in [0.25, 0.3) is 5.69 Å². The molecular formula is C25H27N3O8. The molecule has 1 aliphatic rings. The Labute approximate surface area is 207 Å². The zero-order chi connectivity index (χ0) is 26.6. The molecule has 2 aromatic rings. The molecule has 11 nitrogen and oxygen atoms in total. The van der Waals surface area contributed by atoms with Crippen LogP contribution in [0.3, 0.4) is 0 Å². The molecule has 1 heterocycles. The van der Waals surface area contributed by atoms with E-state index in [1.54, 1.807) is 19.9 Å². The minimum atomic E-state index is -0.849. The Morgan fingerprint density at radius 2 is 1.75 bits per heavy atom. The molecule has 0 spiro atoms. The molecule has 0 aromatic heterocycles. The first-order valence-corrected chi connectivity index (χ1v) is 11.2. The van der Waals surface area contributed by atoms with Crippen LogP contribution in [0.1, 0.15) is 49.7 Å². The zero-order valence-corrected chi connectivity index (χ0v) is 20.5. The highest BCUT2D eigenvalue weighted by molar-refractivity contribution is 5.95. The van der Waals surface area contributed by atoms with E-state index in [0.29, 0.717) is 11.3 Å². The summed E-state index contributed by atoms with van der Waals surface area (Å²) in [5.41, 5.74) is 0.924. The first kappa shape index (κ1) is 26.2. The van der Waals surface area contributed by atoms with Crippen LogP contribution >= 0.6 is 0 Å². The second-order valence-electron chi connectivity index (χ2n) is 8.57. The third kappa shape index (κ3) is 5.80. The number of nitrogens with zero attached hydrogens (tertiary/aromatic N) is 1. The Morgan fingerprint density at radius 1 is 1.03 bits per heavy atom. The lowest BCUT2D eigenvalue weighted by Gasteiger charge is -2.31. The fourth-order valence-electron chi connectivity index (χ4n) is 3.65. The van der Waals surface area contributed by atoms with Crippen molar-refractivity contribution in [3.8, 4) is 11.5 Å². The molecule has 1 atom stereocenters. The van der Waals surface area contributed by atoms with E-state index in [-0.39, 0.29) is 40.3 Å². The van der Waals surface area contributed by atoms with Crippen molar-refractivity contribution in [2.75, 3.05) is 7.11 Å². The van der Waals surface area contributed by atoms with Gasteiger partial charge in [0.15, 0.2) is 11.5 Å². The van der Waals surface area contributed by atoms with Gasteiger partial charge in [-0.25, -0.2) is 14.4 Å². The molecule has 11 heteroatoms. The van der Waals surface area contributed by atoms with Crippen LogP contribution in [0.2, 0.25) is 0 Å². The molecule has 1 aliphatic heterocycles. The number of non-ortho nitro benzene ring substituents is 1. The van der Waals surface area contributed by atoms with E-state index in [0.717, 1.165) is 6.07 Å². The smallest absolute Gasteiger partial charge is 0.343 e. The normalized spacial score (nSPS) is 15.3. The average molecular weight is 498 g/mol. The molecule has 3 rings (SSSR count). The van der Waals surface area contributed by atoms with Gasteiger partial charge in [0.05, 0.1) is 35.3 Å². The second-order valence-corrected chi connectivity index (χ2v) is 8.57. The van der Waals surface area contributed by atoms with Crippen LogP contribution in [-0.2, 0) is 9.53 Å². The molecule has 2 aromatic carbocycles. The van der Waals surface area contributed by atoms with Gasteiger partial charge in [-0.1, -0.05) is 26.0 Å². The summed E-state index contributed by atoms with van der Waals surface area (Å²) in [5, 5.41) is 16.4. The maximum absolute atomic E-state index is 13.0. The van der Waals surface area contributed by atoms with Gasteiger partial charge in [0, 0.05) is 17.8 Å². The number of amides is 2. The summed E-state index contributed by atoms with van der Waals surface area (Å²) in [7, 11) is 1.37. The lowest BCUT2D eigenvalue weighted by atomic mass is 9.91. The Kier molecular flexibility index (Phi) is 7.93. The van der Waals surface area contributed by atoms with Gasteiger partial charge in [-0.3, -0.25) is 10.1 Å². The molecule has 2 N–H and O–H groups in total. The molecule has 0 radical (unpaired) electrons. The molecule has 0 aliphatic carbocycles. The molecule has 1 unspecified atom stereocenters. The van der Waals surface area contributed by atoms with Crippen LogP contribution in [0, 0.1) is 16.0 Å². The molecule has 190 valence electrons. The Hall–Kier alpha value is -4.41. The molecule has 0 saturated heterocycles. The number of urea groups is 1. The molecular weight excluding hydrogens is 470 g/mol. The van der Waals surface area contributed by atoms with Crippen molar-refractivity contribution < 1.29 is 33.5 Å². The van der Waals surface area contributed by atoms with Gasteiger partial charge in [0.2, 0.25) is 0 Å². The van der Waals surface area contributed by atoms with Crippen molar-refractivity contribution in [3.05, 3.63) is 75.0 Å². The lowest BCUT2D eigenvalue weighted by molar-refractivity contribution is -0.384. The van der Waals surface area contributed by atoms with Crippen molar-refractivity contribution >= 4 is 23.7 Å². The van der Waals surface area contributed by atoms with Crippen LogP contribution in [0.25, 0.3) is 0 Å². The quantitative estimate of drug-likeness (QED) is 0.240. The number of carbonyl (C=O) groups excluding carboxylic acids is 3. The van der Waals surface area contributed by atoms with Gasteiger partial charge in [-0.15, -0.1) is 0 Å². The van der Waals surface area contributed by atoms with Gasteiger partial charge < -0.3 is 24.8 Å². The number of hydrogen-bond donors (Lipinski definition) is 2. The topological polar surface area (TPSA) is 146 Å². The van der Waals surface area contributed by atoms with Crippen LogP contribution in [0.15, 0.2) is 53.7 Å². The number of carbonyl (C=O) groups is 3. The monoisotopic (exact) mass is 497 g/mol. The number of rotatable bonds is 8. The summed E-state index contributed by atoms with van der Waals surface area (Å²) >= 11 is 0.